The van der Waals surface area contributed by atoms with Crippen molar-refractivity contribution in [2.45, 2.75) is 44.2 Å². The molecule has 1 aliphatic heterocycles. The average Bonchev–Trinajstić information content (AvgIpc) is 2.74. The van der Waals surface area contributed by atoms with Crippen molar-refractivity contribution in [1.29, 1.82) is 0 Å². The molecule has 2 heterocycles. The molecule has 2 rings (SSSR count). The van der Waals surface area contributed by atoms with Crippen LogP contribution in [0, 0.1) is 5.92 Å². The second kappa shape index (κ2) is 5.60. The fraction of sp³-hybridized carbons (Fsp3) is 0.750. The van der Waals surface area contributed by atoms with Gasteiger partial charge >= 0.3 is 0 Å². The maximum atomic E-state index is 11.4. The number of imidazole rings is 1. The van der Waals surface area contributed by atoms with Crippen molar-refractivity contribution < 1.29 is 13.2 Å². The lowest BCUT2D eigenvalue weighted by Gasteiger charge is -2.23. The van der Waals surface area contributed by atoms with Gasteiger partial charge in [0.1, 0.15) is 5.82 Å². The molecule has 0 atom stereocenters. The first-order valence-corrected chi connectivity index (χ1v) is 8.10. The van der Waals surface area contributed by atoms with E-state index in [0.29, 0.717) is 5.92 Å². The Kier molecular flexibility index (Phi) is 4.27. The third kappa shape index (κ3) is 3.55. The smallest absolute Gasteiger partial charge is 0.257 e. The van der Waals surface area contributed by atoms with E-state index in [9.17, 15) is 8.42 Å². The molecule has 0 aliphatic carbocycles. The second-order valence-electron chi connectivity index (χ2n) is 5.35. The van der Waals surface area contributed by atoms with E-state index in [2.05, 4.69) is 4.98 Å². The molecule has 6 nitrogen and oxygen atoms in total. The summed E-state index contributed by atoms with van der Waals surface area (Å²) in [7, 11) is -3.74. The van der Waals surface area contributed by atoms with Crippen molar-refractivity contribution in [3.63, 3.8) is 0 Å². The Bertz CT molecular complexity index is 530. The van der Waals surface area contributed by atoms with Crippen LogP contribution in [0.25, 0.3) is 0 Å². The summed E-state index contributed by atoms with van der Waals surface area (Å²) < 4.78 is 30.1. The molecule has 0 aromatic carbocycles. The summed E-state index contributed by atoms with van der Waals surface area (Å²) in [5.41, 5.74) is 0. The summed E-state index contributed by atoms with van der Waals surface area (Å²) in [6.07, 6.45) is 3.56. The molecule has 1 aromatic rings. The number of sulfonamides is 1. The van der Waals surface area contributed by atoms with Crippen LogP contribution < -0.4 is 5.14 Å². The van der Waals surface area contributed by atoms with Crippen molar-refractivity contribution in [2.24, 2.45) is 11.1 Å². The zero-order chi connectivity index (χ0) is 14.0. The summed E-state index contributed by atoms with van der Waals surface area (Å²) in [4.78, 5) is 4.17. The lowest BCUT2D eigenvalue weighted by molar-refractivity contribution is 0.0609. The van der Waals surface area contributed by atoms with Crippen molar-refractivity contribution in [2.75, 3.05) is 13.2 Å². The number of nitrogens with zero attached hydrogens (tertiary/aromatic N) is 2. The first-order chi connectivity index (χ1) is 8.88. The van der Waals surface area contributed by atoms with Crippen molar-refractivity contribution in [3.8, 4) is 0 Å². The van der Waals surface area contributed by atoms with Crippen LogP contribution in [0.1, 0.15) is 38.4 Å². The molecule has 0 spiro atoms. The van der Waals surface area contributed by atoms with Gasteiger partial charge in [0.25, 0.3) is 10.0 Å². The van der Waals surface area contributed by atoms with Gasteiger partial charge in [0, 0.05) is 31.9 Å². The van der Waals surface area contributed by atoms with Gasteiger partial charge in [-0.15, -0.1) is 0 Å². The van der Waals surface area contributed by atoms with E-state index < -0.39 is 10.0 Å². The van der Waals surface area contributed by atoms with Gasteiger partial charge in [-0.3, -0.25) is 0 Å². The van der Waals surface area contributed by atoms with Crippen LogP contribution in [0.2, 0.25) is 0 Å². The highest BCUT2D eigenvalue weighted by molar-refractivity contribution is 7.89. The molecule has 108 valence electrons. The maximum Gasteiger partial charge on any atom is 0.257 e. The van der Waals surface area contributed by atoms with Gasteiger partial charge in [-0.05, 0) is 18.8 Å². The van der Waals surface area contributed by atoms with E-state index in [4.69, 9.17) is 9.88 Å². The summed E-state index contributed by atoms with van der Waals surface area (Å²) in [6.45, 7) is 6.32. The van der Waals surface area contributed by atoms with Gasteiger partial charge in [-0.1, -0.05) is 13.8 Å². The predicted octanol–water partition coefficient (Wildman–Crippen LogP) is 1.08. The minimum Gasteiger partial charge on any atom is -0.381 e. The Balaban J connectivity index is 2.24. The molecule has 0 unspecified atom stereocenters. The third-order valence-corrected chi connectivity index (χ3v) is 4.17. The zero-order valence-corrected chi connectivity index (χ0v) is 12.2. The summed E-state index contributed by atoms with van der Waals surface area (Å²) in [5, 5.41) is 5.11. The number of rotatable bonds is 4. The molecule has 1 aliphatic rings. The molecule has 19 heavy (non-hydrogen) atoms. The topological polar surface area (TPSA) is 87.2 Å². The number of hydrogen-bond donors (Lipinski definition) is 1. The minimum absolute atomic E-state index is 0.0386. The lowest BCUT2D eigenvalue weighted by atomic mass is 10.00. The molecule has 2 N–H and O–H groups in total. The molecule has 0 amide bonds. The maximum absolute atomic E-state index is 11.4. The molecule has 1 saturated heterocycles. The van der Waals surface area contributed by atoms with Crippen LogP contribution in [0.3, 0.4) is 0 Å². The fourth-order valence-electron chi connectivity index (χ4n) is 2.36. The van der Waals surface area contributed by atoms with Crippen molar-refractivity contribution >= 4 is 10.0 Å². The molecular weight excluding hydrogens is 266 g/mol. The summed E-state index contributed by atoms with van der Waals surface area (Å²) >= 11 is 0. The number of ether oxygens (including phenoxy) is 1. The molecule has 7 heteroatoms. The van der Waals surface area contributed by atoms with Gasteiger partial charge in [-0.2, -0.15) is 0 Å². The van der Waals surface area contributed by atoms with Crippen LogP contribution in [-0.2, 0) is 21.3 Å². The number of hydrogen-bond acceptors (Lipinski definition) is 4. The Morgan fingerprint density at radius 2 is 2.11 bits per heavy atom. The zero-order valence-electron chi connectivity index (χ0n) is 11.4. The van der Waals surface area contributed by atoms with E-state index in [1.165, 1.54) is 0 Å². The standard InChI is InChI=1S/C12H21N3O3S/c1-9(2)12-14-11(19(13,16)17)8-15(12)7-10-3-5-18-6-4-10/h8-10H,3-7H2,1-2H3,(H2,13,16,17). The largest absolute Gasteiger partial charge is 0.381 e. The van der Waals surface area contributed by atoms with Gasteiger partial charge in [0.2, 0.25) is 0 Å². The quantitative estimate of drug-likeness (QED) is 0.897. The molecule has 1 aromatic heterocycles. The highest BCUT2D eigenvalue weighted by Gasteiger charge is 2.21. The van der Waals surface area contributed by atoms with Gasteiger partial charge in [0.15, 0.2) is 5.03 Å². The van der Waals surface area contributed by atoms with E-state index in [-0.39, 0.29) is 10.9 Å². The molecular formula is C12H21N3O3S. The van der Waals surface area contributed by atoms with E-state index in [1.54, 1.807) is 6.20 Å². The van der Waals surface area contributed by atoms with E-state index in [1.807, 2.05) is 18.4 Å². The second-order valence-corrected chi connectivity index (χ2v) is 6.85. The van der Waals surface area contributed by atoms with E-state index in [0.717, 1.165) is 38.4 Å². The fourth-order valence-corrected chi connectivity index (χ4v) is 2.85. The predicted molar refractivity (Wildman–Crippen MR) is 71.2 cm³/mol. The van der Waals surface area contributed by atoms with Crippen LogP contribution >= 0.6 is 0 Å². The van der Waals surface area contributed by atoms with Crippen LogP contribution in [0.5, 0.6) is 0 Å². The van der Waals surface area contributed by atoms with E-state index >= 15 is 0 Å². The normalized spacial score (nSPS) is 18.1. The number of primary sulfonamides is 1. The molecule has 0 bridgehead atoms. The Hall–Kier alpha value is -0.920. The average molecular weight is 287 g/mol. The minimum atomic E-state index is -3.74. The number of aromatic nitrogens is 2. The summed E-state index contributed by atoms with van der Waals surface area (Å²) in [5.74, 6) is 1.44. The first kappa shape index (κ1) is 14.5. The Labute approximate surface area is 114 Å². The summed E-state index contributed by atoms with van der Waals surface area (Å²) in [6, 6.07) is 0. The Morgan fingerprint density at radius 3 is 2.63 bits per heavy atom. The molecule has 1 fully saturated rings. The molecule has 0 saturated carbocycles. The van der Waals surface area contributed by atoms with Gasteiger partial charge in [0.05, 0.1) is 0 Å². The monoisotopic (exact) mass is 287 g/mol. The molecule has 0 radical (unpaired) electrons. The SMILES string of the molecule is CC(C)c1nc(S(N)(=O)=O)cn1CC1CCOCC1. The van der Waals surface area contributed by atoms with Gasteiger partial charge < -0.3 is 9.30 Å². The number of nitrogens with two attached hydrogens (primary N) is 1. The third-order valence-electron chi connectivity index (χ3n) is 3.39. The van der Waals surface area contributed by atoms with Crippen LogP contribution in [0.4, 0.5) is 0 Å². The first-order valence-electron chi connectivity index (χ1n) is 6.55. The highest BCUT2D eigenvalue weighted by atomic mass is 32.2. The van der Waals surface area contributed by atoms with Crippen molar-refractivity contribution in [3.05, 3.63) is 12.0 Å². The van der Waals surface area contributed by atoms with Gasteiger partial charge in [-0.25, -0.2) is 18.5 Å². The van der Waals surface area contributed by atoms with Crippen molar-refractivity contribution in [1.82, 2.24) is 9.55 Å². The highest BCUT2D eigenvalue weighted by Crippen LogP contribution is 2.22. The Morgan fingerprint density at radius 1 is 1.47 bits per heavy atom. The van der Waals surface area contributed by atoms with Crippen LogP contribution in [-0.4, -0.2) is 31.2 Å². The van der Waals surface area contributed by atoms with Crippen LogP contribution in [0.15, 0.2) is 11.2 Å². The lowest BCUT2D eigenvalue weighted by Crippen LogP contribution is -2.21.